The Kier molecular flexibility index (Phi) is 8.02. The van der Waals surface area contributed by atoms with Crippen molar-refractivity contribution in [3.8, 4) is 0 Å². The number of carbonyl (C=O) groups excluding carboxylic acids is 2. The topological polar surface area (TPSA) is 49.4 Å². The van der Waals surface area contributed by atoms with E-state index in [2.05, 4.69) is 12.2 Å². The Bertz CT molecular complexity index is 488. The number of nitrogens with zero attached hydrogens (tertiary/aromatic N) is 1. The molecule has 0 fully saturated rings. The molecule has 1 aromatic carbocycles. The van der Waals surface area contributed by atoms with Gasteiger partial charge in [-0.3, -0.25) is 9.59 Å². The Morgan fingerprint density at radius 1 is 1.27 bits per heavy atom. The van der Waals surface area contributed by atoms with Crippen LogP contribution in [0, 0.1) is 0 Å². The highest BCUT2D eigenvalue weighted by molar-refractivity contribution is 8.00. The van der Waals surface area contributed by atoms with Crippen molar-refractivity contribution in [2.75, 3.05) is 19.8 Å². The third-order valence-corrected chi connectivity index (χ3v) is 4.68. The Balaban J connectivity index is 2.54. The summed E-state index contributed by atoms with van der Waals surface area (Å²) in [6.45, 7) is 4.68. The molecule has 1 atom stereocenters. The maximum absolute atomic E-state index is 12.3. The smallest absolute Gasteiger partial charge is 0.251 e. The molecule has 0 saturated heterocycles. The minimum Gasteiger partial charge on any atom is -0.355 e. The van der Waals surface area contributed by atoms with E-state index in [0.717, 1.165) is 24.2 Å². The molecule has 1 N–H and O–H groups in total. The van der Waals surface area contributed by atoms with Gasteiger partial charge in [0.15, 0.2) is 0 Å². The van der Waals surface area contributed by atoms with E-state index in [1.165, 1.54) is 0 Å². The zero-order valence-electron chi connectivity index (χ0n) is 13.9. The van der Waals surface area contributed by atoms with E-state index in [1.807, 2.05) is 26.1 Å². The molecule has 1 aromatic rings. The molecule has 0 aliphatic carbocycles. The molecule has 122 valence electrons. The van der Waals surface area contributed by atoms with Crippen molar-refractivity contribution < 1.29 is 9.59 Å². The lowest BCUT2D eigenvalue weighted by Crippen LogP contribution is -2.33. The van der Waals surface area contributed by atoms with Gasteiger partial charge in [0, 0.05) is 26.2 Å². The number of unbranched alkanes of at least 4 members (excludes halogenated alkanes) is 1. The fourth-order valence-electron chi connectivity index (χ4n) is 2.04. The van der Waals surface area contributed by atoms with Crippen LogP contribution < -0.4 is 5.32 Å². The third-order valence-electron chi connectivity index (χ3n) is 3.45. The largest absolute Gasteiger partial charge is 0.355 e. The predicted octanol–water partition coefficient (Wildman–Crippen LogP) is 2.93. The van der Waals surface area contributed by atoms with E-state index in [-0.39, 0.29) is 17.1 Å². The van der Waals surface area contributed by atoms with Crippen LogP contribution in [0.5, 0.6) is 0 Å². The molecular weight excluding hydrogens is 296 g/mol. The van der Waals surface area contributed by atoms with Crippen LogP contribution in [-0.2, 0) is 11.3 Å². The van der Waals surface area contributed by atoms with Crippen LogP contribution in [-0.4, -0.2) is 41.8 Å². The van der Waals surface area contributed by atoms with Gasteiger partial charge < -0.3 is 10.2 Å². The van der Waals surface area contributed by atoms with E-state index in [4.69, 9.17) is 0 Å². The first-order chi connectivity index (χ1) is 10.5. The van der Waals surface area contributed by atoms with Gasteiger partial charge >= 0.3 is 0 Å². The molecule has 1 unspecified atom stereocenters. The fraction of sp³-hybridized carbons (Fsp3) is 0.529. The van der Waals surface area contributed by atoms with Gasteiger partial charge in [0.1, 0.15) is 0 Å². The molecule has 0 aliphatic rings. The van der Waals surface area contributed by atoms with Crippen LogP contribution in [0.2, 0.25) is 0 Å². The van der Waals surface area contributed by atoms with Crippen molar-refractivity contribution in [1.29, 1.82) is 0 Å². The lowest BCUT2D eigenvalue weighted by Gasteiger charge is -2.21. The van der Waals surface area contributed by atoms with Gasteiger partial charge in [-0.15, -0.1) is 11.8 Å². The monoisotopic (exact) mass is 322 g/mol. The molecule has 22 heavy (non-hydrogen) atoms. The number of hydrogen-bond acceptors (Lipinski definition) is 3. The van der Waals surface area contributed by atoms with Crippen LogP contribution >= 0.6 is 11.8 Å². The number of carbonyl (C=O) groups is 2. The van der Waals surface area contributed by atoms with E-state index in [0.29, 0.717) is 12.1 Å². The van der Waals surface area contributed by atoms with E-state index in [9.17, 15) is 9.59 Å². The molecule has 0 saturated carbocycles. The molecule has 1 rings (SSSR count). The summed E-state index contributed by atoms with van der Waals surface area (Å²) in [6.07, 6.45) is 2.30. The second kappa shape index (κ2) is 9.51. The molecule has 0 spiro atoms. The minimum atomic E-state index is -0.100. The summed E-state index contributed by atoms with van der Waals surface area (Å²) in [5.41, 5.74) is 1.65. The molecular formula is C17H26N2O2S. The van der Waals surface area contributed by atoms with Crippen LogP contribution in [0.3, 0.4) is 0 Å². The van der Waals surface area contributed by atoms with Gasteiger partial charge in [0.25, 0.3) is 5.91 Å². The summed E-state index contributed by atoms with van der Waals surface area (Å²) in [6, 6.07) is 7.35. The summed E-state index contributed by atoms with van der Waals surface area (Å²) in [5.74, 6) is 1.08. The van der Waals surface area contributed by atoms with Gasteiger partial charge in [-0.1, -0.05) is 25.5 Å². The van der Waals surface area contributed by atoms with E-state index < -0.39 is 0 Å². The van der Waals surface area contributed by atoms with E-state index >= 15 is 0 Å². The Morgan fingerprint density at radius 2 is 1.91 bits per heavy atom. The number of rotatable bonds is 8. The molecule has 0 bridgehead atoms. The van der Waals surface area contributed by atoms with Gasteiger partial charge in [0.05, 0.1) is 5.25 Å². The highest BCUT2D eigenvalue weighted by atomic mass is 32.2. The van der Waals surface area contributed by atoms with Crippen molar-refractivity contribution >= 4 is 23.6 Å². The third kappa shape index (κ3) is 5.72. The number of thioether (sulfide) groups is 1. The lowest BCUT2D eigenvalue weighted by molar-refractivity contribution is -0.129. The highest BCUT2D eigenvalue weighted by Crippen LogP contribution is 2.16. The lowest BCUT2D eigenvalue weighted by atomic mass is 10.1. The molecule has 5 heteroatoms. The van der Waals surface area contributed by atoms with Crippen molar-refractivity contribution in [1.82, 2.24) is 10.2 Å². The number of benzene rings is 1. The number of hydrogen-bond donors (Lipinski definition) is 1. The van der Waals surface area contributed by atoms with Crippen molar-refractivity contribution in [2.24, 2.45) is 0 Å². The van der Waals surface area contributed by atoms with Crippen LogP contribution in [0.25, 0.3) is 0 Å². The first kappa shape index (κ1) is 18.6. The van der Waals surface area contributed by atoms with Gasteiger partial charge in [-0.2, -0.15) is 0 Å². The fourth-order valence-corrected chi connectivity index (χ4v) is 3.18. The summed E-state index contributed by atoms with van der Waals surface area (Å²) in [7, 11) is 3.44. The molecule has 0 aromatic heterocycles. The molecule has 0 heterocycles. The summed E-state index contributed by atoms with van der Waals surface area (Å²) in [4.78, 5) is 25.5. The summed E-state index contributed by atoms with van der Waals surface area (Å²) < 4.78 is 0. The number of nitrogens with one attached hydrogen (secondary N) is 1. The Morgan fingerprint density at radius 3 is 2.45 bits per heavy atom. The van der Waals surface area contributed by atoms with Gasteiger partial charge in [0.2, 0.25) is 5.91 Å². The molecule has 0 radical (unpaired) electrons. The van der Waals surface area contributed by atoms with Gasteiger partial charge in [-0.25, -0.2) is 0 Å². The first-order valence-corrected chi connectivity index (χ1v) is 8.72. The molecule has 2 amide bonds. The average molecular weight is 322 g/mol. The molecule has 4 nitrogen and oxygen atoms in total. The summed E-state index contributed by atoms with van der Waals surface area (Å²) >= 11 is 1.71. The van der Waals surface area contributed by atoms with Crippen LogP contribution in [0.1, 0.15) is 42.6 Å². The summed E-state index contributed by atoms with van der Waals surface area (Å²) in [5, 5.41) is 2.58. The van der Waals surface area contributed by atoms with Crippen molar-refractivity contribution in [3.63, 3.8) is 0 Å². The standard InChI is InChI=1S/C17H26N2O2S/c1-5-6-11-22-13(2)17(21)19(4)12-14-7-9-15(10-8-14)16(20)18-3/h7-10,13H,5-6,11-12H2,1-4H3,(H,18,20). The van der Waals surface area contributed by atoms with Crippen LogP contribution in [0.15, 0.2) is 24.3 Å². The van der Waals surface area contributed by atoms with Crippen molar-refractivity contribution in [3.05, 3.63) is 35.4 Å². The minimum absolute atomic E-state index is 0.0123. The zero-order chi connectivity index (χ0) is 16.5. The molecule has 0 aliphatic heterocycles. The first-order valence-electron chi connectivity index (χ1n) is 7.67. The second-order valence-electron chi connectivity index (χ2n) is 5.34. The normalized spacial score (nSPS) is 11.8. The number of amides is 2. The average Bonchev–Trinajstić information content (AvgIpc) is 2.54. The van der Waals surface area contributed by atoms with Crippen LogP contribution in [0.4, 0.5) is 0 Å². The Labute approximate surface area is 137 Å². The second-order valence-corrected chi connectivity index (χ2v) is 6.79. The van der Waals surface area contributed by atoms with Crippen molar-refractivity contribution in [2.45, 2.75) is 38.5 Å². The quantitative estimate of drug-likeness (QED) is 0.749. The maximum atomic E-state index is 12.3. The zero-order valence-corrected chi connectivity index (χ0v) is 14.7. The SMILES string of the molecule is CCCCSC(C)C(=O)N(C)Cc1ccc(C(=O)NC)cc1. The van der Waals surface area contributed by atoms with Gasteiger partial charge in [-0.05, 0) is 36.8 Å². The Hall–Kier alpha value is -1.49. The van der Waals surface area contributed by atoms with E-state index in [1.54, 1.807) is 35.8 Å². The highest BCUT2D eigenvalue weighted by Gasteiger charge is 2.17. The maximum Gasteiger partial charge on any atom is 0.251 e. The predicted molar refractivity (Wildman–Crippen MR) is 93.1 cm³/mol.